The molecule has 5 nitrogen and oxygen atoms in total. The maximum absolute atomic E-state index is 12.2. The lowest BCUT2D eigenvalue weighted by Gasteiger charge is -2.15. The fourth-order valence-corrected chi connectivity index (χ4v) is 6.92. The summed E-state index contributed by atoms with van der Waals surface area (Å²) in [6.45, 7) is 4.02. The summed E-state index contributed by atoms with van der Waals surface area (Å²) < 4.78 is 10.6. The van der Waals surface area contributed by atoms with Crippen molar-refractivity contribution in [1.82, 2.24) is 0 Å². The fraction of sp³-hybridized carbons (Fsp3) is 0.837. The molecule has 0 aliphatic rings. The average Bonchev–Trinajstić information content (AvgIpc) is 3.17. The third-order valence-electron chi connectivity index (χ3n) is 10.4. The Kier molecular flexibility index (Phi) is 43.9. The molecule has 0 aliphatic heterocycles. The van der Waals surface area contributed by atoms with E-state index < -0.39 is 6.10 Å². The molecule has 0 amide bonds. The summed E-state index contributed by atoms with van der Waals surface area (Å²) in [6.07, 6.45) is 56.8. The van der Waals surface area contributed by atoms with Gasteiger partial charge in [0.15, 0.2) is 6.10 Å². The zero-order chi connectivity index (χ0) is 39.3. The van der Waals surface area contributed by atoms with E-state index in [0.717, 1.165) is 64.2 Å². The van der Waals surface area contributed by atoms with Crippen LogP contribution < -0.4 is 0 Å². The monoisotopic (exact) mass is 759 g/mol. The first-order valence-corrected chi connectivity index (χ1v) is 23.5. The second-order valence-electron chi connectivity index (χ2n) is 15.8. The van der Waals surface area contributed by atoms with Gasteiger partial charge in [-0.15, -0.1) is 0 Å². The third-order valence-corrected chi connectivity index (χ3v) is 10.4. The van der Waals surface area contributed by atoms with Crippen LogP contribution in [0.25, 0.3) is 0 Å². The van der Waals surface area contributed by atoms with Gasteiger partial charge in [0.05, 0.1) is 6.61 Å². The van der Waals surface area contributed by atoms with Crippen LogP contribution in [0.3, 0.4) is 0 Å². The van der Waals surface area contributed by atoms with Crippen molar-refractivity contribution in [3.8, 4) is 0 Å². The molecule has 0 fully saturated rings. The van der Waals surface area contributed by atoms with Gasteiger partial charge in [-0.25, -0.2) is 0 Å². The zero-order valence-corrected chi connectivity index (χ0v) is 36.0. The van der Waals surface area contributed by atoms with E-state index in [1.54, 1.807) is 0 Å². The molecule has 54 heavy (non-hydrogen) atoms. The Balaban J connectivity index is 3.44. The van der Waals surface area contributed by atoms with Crippen molar-refractivity contribution in [2.45, 2.75) is 251 Å². The Bertz CT molecular complexity index is 862. The van der Waals surface area contributed by atoms with Crippen LogP contribution in [-0.2, 0) is 19.1 Å². The van der Waals surface area contributed by atoms with Gasteiger partial charge < -0.3 is 14.6 Å². The predicted molar refractivity (Wildman–Crippen MR) is 233 cm³/mol. The van der Waals surface area contributed by atoms with Crippen LogP contribution >= 0.6 is 0 Å². The van der Waals surface area contributed by atoms with E-state index in [1.807, 2.05) is 0 Å². The number of esters is 2. The Hall–Kier alpha value is -1.88. The highest BCUT2D eigenvalue weighted by atomic mass is 16.6. The van der Waals surface area contributed by atoms with Gasteiger partial charge in [0.25, 0.3) is 0 Å². The van der Waals surface area contributed by atoms with Gasteiger partial charge in [0.2, 0.25) is 0 Å². The summed E-state index contributed by atoms with van der Waals surface area (Å²) in [7, 11) is 0. The summed E-state index contributed by atoms with van der Waals surface area (Å²) >= 11 is 0. The van der Waals surface area contributed by atoms with E-state index >= 15 is 0 Å². The van der Waals surface area contributed by atoms with E-state index in [9.17, 15) is 14.7 Å². The van der Waals surface area contributed by atoms with Crippen molar-refractivity contribution < 1.29 is 24.2 Å². The molecular formula is C49H90O5. The maximum Gasteiger partial charge on any atom is 0.306 e. The van der Waals surface area contributed by atoms with Gasteiger partial charge in [-0.3, -0.25) is 9.59 Å². The van der Waals surface area contributed by atoms with Crippen molar-refractivity contribution in [2.75, 3.05) is 13.2 Å². The van der Waals surface area contributed by atoms with Crippen molar-refractivity contribution in [2.24, 2.45) is 0 Å². The molecule has 5 heteroatoms. The van der Waals surface area contributed by atoms with Crippen LogP contribution in [0.5, 0.6) is 0 Å². The molecule has 1 atom stereocenters. The predicted octanol–water partition coefficient (Wildman–Crippen LogP) is 15.2. The molecule has 0 bridgehead atoms. The van der Waals surface area contributed by atoms with Crippen LogP contribution in [0.15, 0.2) is 36.5 Å². The normalized spacial score (nSPS) is 12.4. The molecule has 0 radical (unpaired) electrons. The minimum Gasteiger partial charge on any atom is -0.462 e. The van der Waals surface area contributed by atoms with Gasteiger partial charge in [0, 0.05) is 12.8 Å². The Morgan fingerprint density at radius 1 is 0.444 bits per heavy atom. The lowest BCUT2D eigenvalue weighted by Crippen LogP contribution is -2.28. The van der Waals surface area contributed by atoms with Gasteiger partial charge in [-0.05, 0) is 44.9 Å². The minimum absolute atomic E-state index is 0.0747. The number of allylic oxidation sites excluding steroid dienone is 6. The van der Waals surface area contributed by atoms with Gasteiger partial charge in [-0.2, -0.15) is 0 Å². The van der Waals surface area contributed by atoms with Crippen LogP contribution in [0.2, 0.25) is 0 Å². The molecule has 0 saturated carbocycles. The second kappa shape index (κ2) is 45.5. The van der Waals surface area contributed by atoms with Crippen molar-refractivity contribution in [3.05, 3.63) is 36.5 Å². The highest BCUT2D eigenvalue weighted by Gasteiger charge is 2.16. The van der Waals surface area contributed by atoms with Crippen LogP contribution in [0.4, 0.5) is 0 Å². The SMILES string of the molecule is CC/C=C\C/C=C\C/C=C\CCCCCC(=O)OC(CO)COC(=O)CCCCCCCCCCCCCCCCCCCCCCCCCCCCC. The Labute approximate surface area is 336 Å². The Morgan fingerprint density at radius 2 is 0.796 bits per heavy atom. The summed E-state index contributed by atoms with van der Waals surface area (Å²) in [4.78, 5) is 24.3. The topological polar surface area (TPSA) is 72.8 Å². The number of carbonyl (C=O) groups excluding carboxylic acids is 2. The van der Waals surface area contributed by atoms with Gasteiger partial charge >= 0.3 is 11.9 Å². The van der Waals surface area contributed by atoms with Crippen molar-refractivity contribution >= 4 is 11.9 Å². The number of hydrogen-bond acceptors (Lipinski definition) is 5. The van der Waals surface area contributed by atoms with E-state index in [1.165, 1.54) is 154 Å². The molecule has 0 heterocycles. The molecule has 0 aromatic carbocycles. The third kappa shape index (κ3) is 42.9. The molecule has 0 rings (SSSR count). The lowest BCUT2D eigenvalue weighted by atomic mass is 10.0. The highest BCUT2D eigenvalue weighted by molar-refractivity contribution is 5.70. The Morgan fingerprint density at radius 3 is 1.20 bits per heavy atom. The van der Waals surface area contributed by atoms with E-state index in [0.29, 0.717) is 12.8 Å². The van der Waals surface area contributed by atoms with E-state index in [-0.39, 0.29) is 25.2 Å². The first-order chi connectivity index (χ1) is 26.6. The van der Waals surface area contributed by atoms with Crippen LogP contribution in [-0.4, -0.2) is 36.4 Å². The first kappa shape index (κ1) is 52.1. The number of unbranched alkanes of at least 4 members (excludes halogenated alkanes) is 29. The zero-order valence-electron chi connectivity index (χ0n) is 36.0. The molecular weight excluding hydrogens is 669 g/mol. The highest BCUT2D eigenvalue weighted by Crippen LogP contribution is 2.16. The largest absolute Gasteiger partial charge is 0.462 e. The number of carbonyl (C=O) groups is 2. The fourth-order valence-electron chi connectivity index (χ4n) is 6.92. The summed E-state index contributed by atoms with van der Waals surface area (Å²) in [5, 5.41) is 9.57. The minimum atomic E-state index is -0.784. The van der Waals surface area contributed by atoms with E-state index in [2.05, 4.69) is 50.3 Å². The van der Waals surface area contributed by atoms with Gasteiger partial charge in [-0.1, -0.05) is 224 Å². The molecule has 0 aliphatic carbocycles. The molecule has 0 saturated heterocycles. The van der Waals surface area contributed by atoms with E-state index in [4.69, 9.17) is 9.47 Å². The first-order valence-electron chi connectivity index (χ1n) is 23.5. The lowest BCUT2D eigenvalue weighted by molar-refractivity contribution is -0.161. The average molecular weight is 759 g/mol. The molecule has 0 aromatic rings. The molecule has 316 valence electrons. The number of aliphatic hydroxyl groups excluding tert-OH is 1. The summed E-state index contributed by atoms with van der Waals surface area (Å²) in [5.41, 5.74) is 0. The van der Waals surface area contributed by atoms with Crippen LogP contribution in [0, 0.1) is 0 Å². The van der Waals surface area contributed by atoms with Crippen molar-refractivity contribution in [3.63, 3.8) is 0 Å². The molecule has 0 spiro atoms. The number of ether oxygens (including phenoxy) is 2. The smallest absolute Gasteiger partial charge is 0.306 e. The standard InChI is InChI=1S/C49H90O5/c1-3-5-7-9-11-13-15-17-18-19-20-21-22-23-24-25-26-27-28-29-30-32-33-35-37-39-41-43-48(51)53-46-47(45-50)54-49(52)44-42-40-38-36-34-31-16-14-12-10-8-6-4-2/h6,8,12,14,31,34,47,50H,3-5,7,9-11,13,15-30,32-33,35-46H2,1-2H3/b8-6-,14-12-,34-31-. The molecule has 1 unspecified atom stereocenters. The van der Waals surface area contributed by atoms with Crippen LogP contribution in [0.1, 0.15) is 245 Å². The van der Waals surface area contributed by atoms with Gasteiger partial charge in [0.1, 0.15) is 6.61 Å². The molecule has 1 N–H and O–H groups in total. The number of rotatable bonds is 43. The quantitative estimate of drug-likeness (QED) is 0.0381. The number of aliphatic hydroxyl groups is 1. The summed E-state index contributed by atoms with van der Waals surface area (Å²) in [5.74, 6) is -0.616. The van der Waals surface area contributed by atoms with Crippen molar-refractivity contribution in [1.29, 1.82) is 0 Å². The molecule has 0 aromatic heterocycles. The number of hydrogen-bond donors (Lipinski definition) is 1. The summed E-state index contributed by atoms with van der Waals surface area (Å²) in [6, 6.07) is 0. The second-order valence-corrected chi connectivity index (χ2v) is 15.8. The maximum atomic E-state index is 12.2.